The number of benzene rings is 1. The van der Waals surface area contributed by atoms with Gasteiger partial charge in [-0.05, 0) is 38.3 Å². The van der Waals surface area contributed by atoms with E-state index in [-0.39, 0.29) is 6.04 Å². The molecule has 0 bridgehead atoms. The molecule has 21 heavy (non-hydrogen) atoms. The van der Waals surface area contributed by atoms with Crippen LogP contribution in [0.4, 0.5) is 5.69 Å². The molecule has 1 heterocycles. The molecule has 1 unspecified atom stereocenters. The summed E-state index contributed by atoms with van der Waals surface area (Å²) in [5, 5.41) is 13.6. The number of phenolic OH excluding ortho intramolecular Hbond substituents is 1. The maximum atomic E-state index is 10.3. The number of ether oxygens (including phenoxy) is 1. The number of nitrogens with one attached hydrogen (secondary N) is 1. The third-order valence-electron chi connectivity index (χ3n) is 4.37. The molecule has 0 amide bonds. The Hall–Kier alpha value is -1.26. The first-order valence-electron chi connectivity index (χ1n) is 7.95. The molecule has 1 aromatic rings. The average Bonchev–Trinajstić information content (AvgIpc) is 2.48. The van der Waals surface area contributed by atoms with Crippen molar-refractivity contribution in [1.29, 1.82) is 0 Å². The van der Waals surface area contributed by atoms with E-state index in [0.717, 1.165) is 50.3 Å². The van der Waals surface area contributed by atoms with E-state index in [1.165, 1.54) is 0 Å². The van der Waals surface area contributed by atoms with Gasteiger partial charge in [0.2, 0.25) is 0 Å². The molecule has 1 fully saturated rings. The van der Waals surface area contributed by atoms with Crippen LogP contribution in [0.15, 0.2) is 18.2 Å². The minimum atomic E-state index is 0.177. The molecule has 4 nitrogen and oxygen atoms in total. The van der Waals surface area contributed by atoms with E-state index in [4.69, 9.17) is 4.74 Å². The number of nitrogens with zero attached hydrogens (tertiary/aromatic N) is 1. The van der Waals surface area contributed by atoms with Gasteiger partial charge in [0.15, 0.2) is 0 Å². The summed E-state index contributed by atoms with van der Waals surface area (Å²) in [6, 6.07) is 6.25. The Balaban J connectivity index is 2.00. The van der Waals surface area contributed by atoms with Crippen LogP contribution in [-0.2, 0) is 4.74 Å². The van der Waals surface area contributed by atoms with Gasteiger partial charge in [-0.25, -0.2) is 0 Å². The molecule has 2 rings (SSSR count). The largest absolute Gasteiger partial charge is 0.508 e. The van der Waals surface area contributed by atoms with Crippen molar-refractivity contribution in [2.24, 2.45) is 5.92 Å². The van der Waals surface area contributed by atoms with Crippen molar-refractivity contribution in [2.75, 3.05) is 38.3 Å². The number of phenols is 1. The van der Waals surface area contributed by atoms with Crippen LogP contribution >= 0.6 is 0 Å². The minimum absolute atomic E-state index is 0.177. The van der Waals surface area contributed by atoms with E-state index in [9.17, 15) is 5.11 Å². The van der Waals surface area contributed by atoms with Crippen LogP contribution in [0.25, 0.3) is 0 Å². The predicted octanol–water partition coefficient (Wildman–Crippen LogP) is 2.93. The second-order valence-corrected chi connectivity index (χ2v) is 5.91. The number of rotatable bonds is 6. The number of anilines is 1. The predicted molar refractivity (Wildman–Crippen MR) is 87.0 cm³/mol. The van der Waals surface area contributed by atoms with E-state index in [1.807, 2.05) is 12.1 Å². The SMILES string of the molecule is CCNC(C)c1ccc(N2CCC(COC)CC2)cc1O. The topological polar surface area (TPSA) is 44.7 Å². The zero-order valence-electron chi connectivity index (χ0n) is 13.4. The van der Waals surface area contributed by atoms with Crippen LogP contribution in [-0.4, -0.2) is 38.5 Å². The molecule has 1 aliphatic heterocycles. The molecule has 1 saturated heterocycles. The average molecular weight is 292 g/mol. The highest BCUT2D eigenvalue weighted by molar-refractivity contribution is 5.54. The van der Waals surface area contributed by atoms with Gasteiger partial charge in [-0.15, -0.1) is 0 Å². The molecular weight excluding hydrogens is 264 g/mol. The molecule has 0 radical (unpaired) electrons. The maximum Gasteiger partial charge on any atom is 0.122 e. The highest BCUT2D eigenvalue weighted by Crippen LogP contribution is 2.31. The second kappa shape index (κ2) is 7.66. The second-order valence-electron chi connectivity index (χ2n) is 5.91. The summed E-state index contributed by atoms with van der Waals surface area (Å²) in [5.41, 5.74) is 2.09. The molecule has 1 aliphatic rings. The van der Waals surface area contributed by atoms with Crippen LogP contribution in [0.3, 0.4) is 0 Å². The molecule has 0 aromatic heterocycles. The number of methoxy groups -OCH3 is 1. The Morgan fingerprint density at radius 1 is 1.38 bits per heavy atom. The summed E-state index contributed by atoms with van der Waals surface area (Å²) >= 11 is 0. The molecule has 0 saturated carbocycles. The van der Waals surface area contributed by atoms with Crippen molar-refractivity contribution in [3.8, 4) is 5.75 Å². The van der Waals surface area contributed by atoms with E-state index in [1.54, 1.807) is 7.11 Å². The van der Waals surface area contributed by atoms with E-state index < -0.39 is 0 Å². The van der Waals surface area contributed by atoms with Crippen LogP contribution in [0, 0.1) is 5.92 Å². The van der Waals surface area contributed by atoms with Crippen molar-refractivity contribution < 1.29 is 9.84 Å². The number of hydrogen-bond acceptors (Lipinski definition) is 4. The molecule has 1 atom stereocenters. The zero-order valence-corrected chi connectivity index (χ0v) is 13.4. The Bertz CT molecular complexity index is 442. The number of aromatic hydroxyl groups is 1. The van der Waals surface area contributed by atoms with Crippen molar-refractivity contribution in [1.82, 2.24) is 5.32 Å². The van der Waals surface area contributed by atoms with Gasteiger partial charge in [-0.3, -0.25) is 0 Å². The summed E-state index contributed by atoms with van der Waals surface area (Å²) in [6.07, 6.45) is 2.31. The fourth-order valence-corrected chi connectivity index (χ4v) is 3.10. The van der Waals surface area contributed by atoms with Crippen molar-refractivity contribution >= 4 is 5.69 Å². The molecule has 1 aromatic carbocycles. The monoisotopic (exact) mass is 292 g/mol. The van der Waals surface area contributed by atoms with E-state index in [2.05, 4.69) is 30.1 Å². The van der Waals surface area contributed by atoms with E-state index >= 15 is 0 Å². The lowest BCUT2D eigenvalue weighted by atomic mass is 9.97. The molecular formula is C17H28N2O2. The summed E-state index contributed by atoms with van der Waals surface area (Å²) in [4.78, 5) is 2.35. The van der Waals surface area contributed by atoms with Gasteiger partial charge in [0, 0.05) is 50.2 Å². The molecule has 0 aliphatic carbocycles. The third kappa shape index (κ3) is 4.11. The van der Waals surface area contributed by atoms with Gasteiger partial charge >= 0.3 is 0 Å². The van der Waals surface area contributed by atoms with E-state index in [0.29, 0.717) is 11.7 Å². The summed E-state index contributed by atoms with van der Waals surface area (Å²) < 4.78 is 5.24. The summed E-state index contributed by atoms with van der Waals surface area (Å²) in [7, 11) is 1.77. The van der Waals surface area contributed by atoms with Gasteiger partial charge in [-0.2, -0.15) is 0 Å². The van der Waals surface area contributed by atoms with Crippen LogP contribution in [0.5, 0.6) is 5.75 Å². The summed E-state index contributed by atoms with van der Waals surface area (Å²) in [5.74, 6) is 1.06. The minimum Gasteiger partial charge on any atom is -0.508 e. The Kier molecular flexibility index (Phi) is 5.88. The van der Waals surface area contributed by atoms with Crippen molar-refractivity contribution in [3.63, 3.8) is 0 Å². The van der Waals surface area contributed by atoms with Crippen molar-refractivity contribution in [2.45, 2.75) is 32.7 Å². The molecule has 118 valence electrons. The van der Waals surface area contributed by atoms with Gasteiger partial charge in [0.1, 0.15) is 5.75 Å². The van der Waals surface area contributed by atoms with Gasteiger partial charge < -0.3 is 20.1 Å². The highest BCUT2D eigenvalue weighted by atomic mass is 16.5. The first-order valence-corrected chi connectivity index (χ1v) is 7.95. The zero-order chi connectivity index (χ0) is 15.2. The van der Waals surface area contributed by atoms with Gasteiger partial charge in [0.25, 0.3) is 0 Å². The summed E-state index contributed by atoms with van der Waals surface area (Å²) in [6.45, 7) is 7.99. The fraction of sp³-hybridized carbons (Fsp3) is 0.647. The van der Waals surface area contributed by atoms with Crippen LogP contribution in [0.2, 0.25) is 0 Å². The van der Waals surface area contributed by atoms with Crippen LogP contribution < -0.4 is 10.2 Å². The fourth-order valence-electron chi connectivity index (χ4n) is 3.10. The molecule has 0 spiro atoms. The first-order chi connectivity index (χ1) is 10.2. The number of hydrogen-bond donors (Lipinski definition) is 2. The van der Waals surface area contributed by atoms with Crippen molar-refractivity contribution in [3.05, 3.63) is 23.8 Å². The molecule has 4 heteroatoms. The molecule has 2 N–H and O–H groups in total. The normalized spacial score (nSPS) is 18.0. The van der Waals surface area contributed by atoms with Gasteiger partial charge in [-0.1, -0.05) is 13.0 Å². The number of piperidine rings is 1. The standard InChI is InChI=1S/C17H28N2O2/c1-4-18-13(2)16-6-5-15(11-17(16)20)19-9-7-14(8-10-19)12-21-3/h5-6,11,13-14,18,20H,4,7-10,12H2,1-3H3. The third-order valence-corrected chi connectivity index (χ3v) is 4.37. The smallest absolute Gasteiger partial charge is 0.122 e. The maximum absolute atomic E-state index is 10.3. The lowest BCUT2D eigenvalue weighted by Crippen LogP contribution is -2.35. The van der Waals surface area contributed by atoms with Crippen LogP contribution in [0.1, 0.15) is 38.3 Å². The first kappa shape index (κ1) is 16.1. The lowest BCUT2D eigenvalue weighted by Gasteiger charge is -2.33. The quantitative estimate of drug-likeness (QED) is 0.846. The Labute approximate surface area is 128 Å². The van der Waals surface area contributed by atoms with Gasteiger partial charge in [0.05, 0.1) is 0 Å². The Morgan fingerprint density at radius 3 is 2.67 bits per heavy atom. The lowest BCUT2D eigenvalue weighted by molar-refractivity contribution is 0.139. The Morgan fingerprint density at radius 2 is 2.10 bits per heavy atom. The highest BCUT2D eigenvalue weighted by Gasteiger charge is 2.20.